The molecule has 2 aromatic heterocycles. The molecule has 2 aromatic rings. The van der Waals surface area contributed by atoms with Crippen LogP contribution < -0.4 is 0 Å². The predicted octanol–water partition coefficient (Wildman–Crippen LogP) is 2.31. The molecule has 3 heterocycles. The molecule has 3 rings (SSSR count). The number of carbonyl (C=O) groups is 1. The van der Waals surface area contributed by atoms with Crippen LogP contribution in [-0.2, 0) is 17.6 Å². The molecule has 1 aliphatic rings. The molecule has 1 aliphatic heterocycles. The summed E-state index contributed by atoms with van der Waals surface area (Å²) in [6, 6.07) is 1.85. The molecule has 0 radical (unpaired) electrons. The molecule has 0 bridgehead atoms. The first-order chi connectivity index (χ1) is 11.1. The van der Waals surface area contributed by atoms with Gasteiger partial charge in [0.1, 0.15) is 5.76 Å². The van der Waals surface area contributed by atoms with Crippen molar-refractivity contribution < 1.29 is 18.4 Å². The third kappa shape index (κ3) is 3.14. The van der Waals surface area contributed by atoms with Gasteiger partial charge in [0.15, 0.2) is 11.9 Å². The lowest BCUT2D eigenvalue weighted by Crippen LogP contribution is -2.42. The quantitative estimate of drug-likeness (QED) is 0.860. The van der Waals surface area contributed by atoms with Crippen LogP contribution in [0.2, 0.25) is 0 Å². The van der Waals surface area contributed by atoms with Gasteiger partial charge in [0, 0.05) is 19.9 Å². The number of hydrogen-bond acceptors (Lipinski definition) is 6. The summed E-state index contributed by atoms with van der Waals surface area (Å²) in [5.41, 5.74) is 1.09. The molecule has 0 N–H and O–H groups in total. The molecule has 0 aromatic carbocycles. The molecule has 7 nitrogen and oxygen atoms in total. The van der Waals surface area contributed by atoms with E-state index in [1.165, 1.54) is 0 Å². The zero-order chi connectivity index (χ0) is 16.4. The van der Waals surface area contributed by atoms with E-state index >= 15 is 0 Å². The largest absolute Gasteiger partial charge is 0.456 e. The van der Waals surface area contributed by atoms with E-state index in [-0.39, 0.29) is 12.0 Å². The molecular weight excluding hydrogens is 298 g/mol. The summed E-state index contributed by atoms with van der Waals surface area (Å²) in [6.45, 7) is 7.13. The zero-order valence-corrected chi connectivity index (χ0v) is 13.7. The highest BCUT2D eigenvalue weighted by atomic mass is 16.5. The van der Waals surface area contributed by atoms with Crippen molar-refractivity contribution in [2.75, 3.05) is 19.7 Å². The Labute approximate surface area is 134 Å². The van der Waals surface area contributed by atoms with E-state index in [1.807, 2.05) is 13.0 Å². The van der Waals surface area contributed by atoms with Crippen LogP contribution >= 0.6 is 0 Å². The second-order valence-corrected chi connectivity index (χ2v) is 5.54. The summed E-state index contributed by atoms with van der Waals surface area (Å²) in [5.74, 6) is 2.04. The van der Waals surface area contributed by atoms with Crippen LogP contribution in [0, 0.1) is 6.92 Å². The molecule has 0 unspecified atom stereocenters. The second-order valence-electron chi connectivity index (χ2n) is 5.54. The van der Waals surface area contributed by atoms with Crippen molar-refractivity contribution in [3.63, 3.8) is 0 Å². The van der Waals surface area contributed by atoms with Gasteiger partial charge in [0.2, 0.25) is 11.8 Å². The Morgan fingerprint density at radius 1 is 1.30 bits per heavy atom. The number of aryl methyl sites for hydroxylation is 3. The average Bonchev–Trinajstić information content (AvgIpc) is 3.20. The predicted molar refractivity (Wildman–Crippen MR) is 81.1 cm³/mol. The van der Waals surface area contributed by atoms with Gasteiger partial charge in [-0.15, -0.1) is 10.2 Å². The van der Waals surface area contributed by atoms with Gasteiger partial charge in [-0.2, -0.15) is 0 Å². The van der Waals surface area contributed by atoms with Gasteiger partial charge in [-0.1, -0.05) is 13.8 Å². The van der Waals surface area contributed by atoms with Gasteiger partial charge in [-0.3, -0.25) is 4.79 Å². The Bertz CT molecular complexity index is 670. The van der Waals surface area contributed by atoms with Crippen LogP contribution in [-0.4, -0.2) is 40.7 Å². The summed E-state index contributed by atoms with van der Waals surface area (Å²) in [6.07, 6.45) is 1.25. The Morgan fingerprint density at radius 3 is 2.74 bits per heavy atom. The molecule has 1 atom stereocenters. The minimum Gasteiger partial charge on any atom is -0.456 e. The van der Waals surface area contributed by atoms with Gasteiger partial charge in [-0.25, -0.2) is 0 Å². The van der Waals surface area contributed by atoms with E-state index < -0.39 is 0 Å². The first-order valence-electron chi connectivity index (χ1n) is 7.94. The van der Waals surface area contributed by atoms with Crippen molar-refractivity contribution in [1.29, 1.82) is 0 Å². The molecule has 23 heavy (non-hydrogen) atoms. The Kier molecular flexibility index (Phi) is 4.47. The number of rotatable bonds is 4. The lowest BCUT2D eigenvalue weighted by atomic mass is 10.1. The van der Waals surface area contributed by atoms with E-state index in [0.29, 0.717) is 37.2 Å². The number of aromatic nitrogens is 2. The number of carbonyl (C=O) groups excluding carboxylic acids is 1. The average molecular weight is 319 g/mol. The van der Waals surface area contributed by atoms with Crippen molar-refractivity contribution in [2.24, 2.45) is 0 Å². The van der Waals surface area contributed by atoms with Crippen LogP contribution in [0.25, 0.3) is 0 Å². The Hall–Kier alpha value is -2.15. The monoisotopic (exact) mass is 319 g/mol. The van der Waals surface area contributed by atoms with Crippen molar-refractivity contribution in [3.05, 3.63) is 34.9 Å². The fourth-order valence-corrected chi connectivity index (χ4v) is 2.75. The molecule has 0 saturated carbocycles. The summed E-state index contributed by atoms with van der Waals surface area (Å²) in [5, 5.41) is 7.79. The molecular formula is C16H21N3O4. The highest BCUT2D eigenvalue weighted by molar-refractivity contribution is 5.92. The molecule has 0 spiro atoms. The topological polar surface area (TPSA) is 81.6 Å². The molecule has 124 valence electrons. The van der Waals surface area contributed by atoms with Crippen molar-refractivity contribution in [2.45, 2.75) is 39.7 Å². The SMILES string of the molecule is CCc1cc(C(=O)N2CCO[C@@H](c3nnc(C)o3)C2)oc1CC. The number of morpholine rings is 1. The van der Waals surface area contributed by atoms with Gasteiger partial charge in [0.25, 0.3) is 5.91 Å². The maximum atomic E-state index is 12.7. The van der Waals surface area contributed by atoms with E-state index in [9.17, 15) is 4.79 Å². The minimum atomic E-state index is -0.389. The van der Waals surface area contributed by atoms with E-state index in [4.69, 9.17) is 13.6 Å². The number of hydrogen-bond donors (Lipinski definition) is 0. The molecule has 7 heteroatoms. The normalized spacial score (nSPS) is 18.4. The second kappa shape index (κ2) is 6.54. The first-order valence-corrected chi connectivity index (χ1v) is 7.94. The third-order valence-electron chi connectivity index (χ3n) is 3.98. The summed E-state index contributed by atoms with van der Waals surface area (Å²) in [7, 11) is 0. The van der Waals surface area contributed by atoms with Gasteiger partial charge in [-0.05, 0) is 18.1 Å². The summed E-state index contributed by atoms with van der Waals surface area (Å²) >= 11 is 0. The molecule has 1 fully saturated rings. The zero-order valence-electron chi connectivity index (χ0n) is 13.7. The smallest absolute Gasteiger partial charge is 0.289 e. The van der Waals surface area contributed by atoms with Crippen LogP contribution in [0.3, 0.4) is 0 Å². The standard InChI is InChI=1S/C16H21N3O4/c1-4-11-8-13(23-12(11)5-2)16(20)19-6-7-21-14(9-19)15-18-17-10(3)22-15/h8,14H,4-7,9H2,1-3H3/t14-/m1/s1. The number of ether oxygens (including phenoxy) is 1. The maximum absolute atomic E-state index is 12.7. The Morgan fingerprint density at radius 2 is 2.13 bits per heavy atom. The van der Waals surface area contributed by atoms with Crippen molar-refractivity contribution in [3.8, 4) is 0 Å². The van der Waals surface area contributed by atoms with Crippen LogP contribution in [0.1, 0.15) is 53.6 Å². The van der Waals surface area contributed by atoms with E-state index in [2.05, 4.69) is 17.1 Å². The van der Waals surface area contributed by atoms with E-state index in [1.54, 1.807) is 11.8 Å². The molecule has 0 aliphatic carbocycles. The van der Waals surface area contributed by atoms with Gasteiger partial charge < -0.3 is 18.5 Å². The first kappa shape index (κ1) is 15.7. The lowest BCUT2D eigenvalue weighted by molar-refractivity contribution is -0.0357. The lowest BCUT2D eigenvalue weighted by Gasteiger charge is -2.30. The number of furan rings is 1. The minimum absolute atomic E-state index is 0.121. The Balaban J connectivity index is 1.75. The maximum Gasteiger partial charge on any atom is 0.289 e. The number of nitrogens with zero attached hydrogens (tertiary/aromatic N) is 3. The van der Waals surface area contributed by atoms with Crippen LogP contribution in [0.5, 0.6) is 0 Å². The fourth-order valence-electron chi connectivity index (χ4n) is 2.75. The number of amides is 1. The third-order valence-corrected chi connectivity index (χ3v) is 3.98. The highest BCUT2D eigenvalue weighted by Gasteiger charge is 2.31. The molecule has 1 saturated heterocycles. The molecule has 1 amide bonds. The summed E-state index contributed by atoms with van der Waals surface area (Å²) in [4.78, 5) is 14.4. The van der Waals surface area contributed by atoms with Gasteiger partial charge >= 0.3 is 0 Å². The van der Waals surface area contributed by atoms with Gasteiger partial charge in [0.05, 0.1) is 13.2 Å². The van der Waals surface area contributed by atoms with Crippen molar-refractivity contribution >= 4 is 5.91 Å². The van der Waals surface area contributed by atoms with E-state index in [0.717, 1.165) is 24.2 Å². The van der Waals surface area contributed by atoms with Crippen molar-refractivity contribution in [1.82, 2.24) is 15.1 Å². The highest BCUT2D eigenvalue weighted by Crippen LogP contribution is 2.24. The fraction of sp³-hybridized carbons (Fsp3) is 0.562. The van der Waals surface area contributed by atoms with Crippen LogP contribution in [0.15, 0.2) is 14.9 Å². The summed E-state index contributed by atoms with van der Waals surface area (Å²) < 4.78 is 16.8. The van der Waals surface area contributed by atoms with Crippen LogP contribution in [0.4, 0.5) is 0 Å².